The van der Waals surface area contributed by atoms with E-state index >= 15 is 0 Å². The molecular weight excluding hydrogens is 1610 g/mol. The first-order valence-corrected chi connectivity index (χ1v) is 46.5. The molecule has 0 fully saturated rings. The van der Waals surface area contributed by atoms with Crippen LogP contribution in [0.3, 0.4) is 0 Å². The summed E-state index contributed by atoms with van der Waals surface area (Å²) in [6.45, 7) is 14.2. The van der Waals surface area contributed by atoms with E-state index in [1.165, 1.54) is 160 Å². The Morgan fingerprint density at radius 2 is 0.361 bits per heavy atom. The molecule has 7 aromatic heterocycles. The van der Waals surface area contributed by atoms with Gasteiger partial charge in [0.15, 0.2) is 11.6 Å². The number of fused-ring (bicyclic) bond motifs is 28. The second kappa shape index (κ2) is 26.8. The molecule has 0 spiro atoms. The number of para-hydroxylation sites is 6. The monoisotopic (exact) mass is 1700 g/mol. The third kappa shape index (κ3) is 10.2. The number of nitrogens with zero attached hydrogens (tertiary/aromatic N) is 8. The molecule has 0 saturated heterocycles. The van der Waals surface area contributed by atoms with E-state index in [1.807, 2.05) is 0 Å². The standard InChI is InChI=1S/C125H84N8/c1-123(2)103-34-16-7-25-83(103)86-53-49-80(70-106(86)123)129-110-38-20-11-29-90(110)97-64-74(44-58-116(97)129)73-43-57-115-96(63-73)89-28-10-19-37-109(89)128(115)79-52-56-95-102(69-79)122(133-114-42-24-15-33-94(114)101-68-78(48-62-120(101)133)76-46-60-118-99(66-76)92-31-13-22-40-112(92)131(118)82-51-55-88-85-27-9-18-36-105(85)125(5,6)108(88)72-82)127-126-121(95)132-113-41-23-14-32-93(113)100-67-77(47-61-119(100)132)75-45-59-117-98(65-75)91-30-12-21-39-111(91)130(117)81-50-54-87-84-26-8-17-35-104(84)124(3,4)107(87)71-81/h7-72H,1-6H3. The lowest BCUT2D eigenvalue weighted by molar-refractivity contribution is 0.660. The van der Waals surface area contributed by atoms with Crippen molar-refractivity contribution in [3.05, 3.63) is 434 Å². The minimum atomic E-state index is -0.132. The lowest BCUT2D eigenvalue weighted by atomic mass is 9.82. The van der Waals surface area contributed by atoms with Crippen molar-refractivity contribution in [1.82, 2.24) is 37.6 Å². The molecule has 0 atom stereocenters. The molecule has 29 rings (SSSR count). The van der Waals surface area contributed by atoms with Crippen LogP contribution in [0.25, 0.3) is 243 Å². The van der Waals surface area contributed by atoms with Gasteiger partial charge < -0.3 is 18.3 Å². The van der Waals surface area contributed by atoms with Gasteiger partial charge in [-0.25, -0.2) is 0 Å². The predicted molar refractivity (Wildman–Crippen MR) is 555 cm³/mol. The first kappa shape index (κ1) is 74.3. The predicted octanol–water partition coefficient (Wildman–Crippen LogP) is 32.1. The van der Waals surface area contributed by atoms with Crippen LogP contribution in [0.4, 0.5) is 0 Å². The Labute approximate surface area is 766 Å². The molecule has 0 radical (unpaired) electrons. The van der Waals surface area contributed by atoms with E-state index in [-0.39, 0.29) is 16.2 Å². The largest absolute Gasteiger partial charge is 0.309 e. The molecular formula is C125H84N8. The SMILES string of the molecule is CC1(C)c2ccccc2-c2ccc(-n3c4ccccc4c4cc(-c5ccc6c(c5)c5ccccc5n6-c5ccc6c(-n7c8ccccc8c8cc(-c9ccc%10c(c9)c9ccccc9n%10-c9ccc%10c(c9)C(C)(C)c9ccccc9-%10)ccc87)nnc(-n7c8ccccc8c8cc(-c9ccc%10c(c9)c9ccccc9n%10-c9ccc%10c(c9)C(C)(C)c9ccccc9-%10)ccc87)c6c5)ccc43)cc21. The van der Waals surface area contributed by atoms with E-state index in [1.54, 1.807) is 0 Å². The highest BCUT2D eigenvalue weighted by molar-refractivity contribution is 6.19. The van der Waals surface area contributed by atoms with Crippen molar-refractivity contribution >= 4 is 142 Å². The topological polar surface area (TPSA) is 55.4 Å². The van der Waals surface area contributed by atoms with Gasteiger partial charge in [0.1, 0.15) is 0 Å². The smallest absolute Gasteiger partial charge is 0.168 e. The Hall–Kier alpha value is -16.7. The van der Waals surface area contributed by atoms with Gasteiger partial charge in [0, 0.05) is 114 Å². The molecule has 0 amide bonds. The third-order valence-corrected chi connectivity index (χ3v) is 30.9. The second-order valence-corrected chi connectivity index (χ2v) is 38.8. The van der Waals surface area contributed by atoms with E-state index in [0.717, 1.165) is 116 Å². The average molecular weight is 1700 g/mol. The summed E-state index contributed by atoms with van der Waals surface area (Å²) in [7, 11) is 0. The van der Waals surface area contributed by atoms with Crippen LogP contribution in [-0.4, -0.2) is 37.6 Å². The van der Waals surface area contributed by atoms with Crippen molar-refractivity contribution < 1.29 is 0 Å². The fraction of sp³-hybridized carbons (Fsp3) is 0.0720. The van der Waals surface area contributed by atoms with Crippen LogP contribution in [0.5, 0.6) is 0 Å². The van der Waals surface area contributed by atoms with Gasteiger partial charge in [0.2, 0.25) is 0 Å². The zero-order valence-corrected chi connectivity index (χ0v) is 74.2. The zero-order chi connectivity index (χ0) is 87.9. The van der Waals surface area contributed by atoms with Crippen LogP contribution in [0.1, 0.15) is 74.9 Å². The number of benzene rings is 19. The summed E-state index contributed by atoms with van der Waals surface area (Å²) in [6, 6.07) is 151. The Kier molecular flexibility index (Phi) is 14.9. The highest BCUT2D eigenvalue weighted by Crippen LogP contribution is 2.55. The van der Waals surface area contributed by atoms with Crippen molar-refractivity contribution in [2.45, 2.75) is 57.8 Å². The Morgan fingerprint density at radius 3 is 0.647 bits per heavy atom. The zero-order valence-electron chi connectivity index (χ0n) is 74.2. The fourth-order valence-electron chi connectivity index (χ4n) is 24.6. The van der Waals surface area contributed by atoms with Crippen molar-refractivity contribution in [3.63, 3.8) is 0 Å². The molecule has 0 bridgehead atoms. The van der Waals surface area contributed by atoms with Crippen LogP contribution in [0, 0.1) is 0 Å². The van der Waals surface area contributed by atoms with Gasteiger partial charge in [0.05, 0.1) is 66.2 Å². The van der Waals surface area contributed by atoms with E-state index in [9.17, 15) is 0 Å². The number of rotatable bonds is 9. The number of aromatic nitrogens is 8. The molecule has 133 heavy (non-hydrogen) atoms. The van der Waals surface area contributed by atoms with Crippen LogP contribution in [0.15, 0.2) is 400 Å². The van der Waals surface area contributed by atoms with Crippen molar-refractivity contribution in [1.29, 1.82) is 0 Å². The molecule has 3 aliphatic carbocycles. The molecule has 0 aliphatic heterocycles. The summed E-state index contributed by atoms with van der Waals surface area (Å²) in [6.07, 6.45) is 0. The first-order chi connectivity index (χ1) is 65.2. The van der Waals surface area contributed by atoms with Gasteiger partial charge in [-0.15, -0.1) is 10.2 Å². The first-order valence-electron chi connectivity index (χ1n) is 46.5. The van der Waals surface area contributed by atoms with E-state index in [2.05, 4.69) is 469 Å². The highest BCUT2D eigenvalue weighted by atomic mass is 15.3. The van der Waals surface area contributed by atoms with Crippen LogP contribution >= 0.6 is 0 Å². The lowest BCUT2D eigenvalue weighted by Gasteiger charge is -2.22. The quantitative estimate of drug-likeness (QED) is 0.145. The minimum absolute atomic E-state index is 0.127. The molecule has 19 aromatic carbocycles. The van der Waals surface area contributed by atoms with Crippen molar-refractivity contribution in [2.24, 2.45) is 0 Å². The van der Waals surface area contributed by atoms with Gasteiger partial charge in [0.25, 0.3) is 0 Å². The summed E-state index contributed by atoms with van der Waals surface area (Å²) in [5, 5.41) is 27.4. The fourth-order valence-corrected chi connectivity index (χ4v) is 24.6. The lowest BCUT2D eigenvalue weighted by Crippen LogP contribution is -2.15. The molecule has 624 valence electrons. The molecule has 8 nitrogen and oxygen atoms in total. The van der Waals surface area contributed by atoms with Crippen molar-refractivity contribution in [3.8, 4) is 101 Å². The summed E-state index contributed by atoms with van der Waals surface area (Å²) < 4.78 is 14.6. The van der Waals surface area contributed by atoms with Gasteiger partial charge in [-0.05, 0) is 264 Å². The molecule has 3 aliphatic rings. The van der Waals surface area contributed by atoms with E-state index in [0.29, 0.717) is 0 Å². The molecule has 26 aromatic rings. The normalized spacial score (nSPS) is 14.0. The second-order valence-electron chi connectivity index (χ2n) is 38.8. The summed E-state index contributed by atoms with van der Waals surface area (Å²) in [4.78, 5) is 0. The Balaban J connectivity index is 0.590. The van der Waals surface area contributed by atoms with E-state index < -0.39 is 0 Å². The summed E-state index contributed by atoms with van der Waals surface area (Å²) in [5.74, 6) is 1.49. The van der Waals surface area contributed by atoms with Gasteiger partial charge in [-0.1, -0.05) is 278 Å². The van der Waals surface area contributed by atoms with Crippen molar-refractivity contribution in [2.75, 3.05) is 0 Å². The van der Waals surface area contributed by atoms with Gasteiger partial charge in [-0.2, -0.15) is 0 Å². The van der Waals surface area contributed by atoms with Gasteiger partial charge in [-0.3, -0.25) is 9.13 Å². The average Bonchev–Trinajstić information content (AvgIpc) is 1.59. The summed E-state index contributed by atoms with van der Waals surface area (Å²) in [5.41, 5.74) is 40.7. The van der Waals surface area contributed by atoms with Crippen LogP contribution in [-0.2, 0) is 16.2 Å². The highest BCUT2D eigenvalue weighted by Gasteiger charge is 2.40. The van der Waals surface area contributed by atoms with Crippen LogP contribution < -0.4 is 0 Å². The maximum absolute atomic E-state index is 5.66. The maximum atomic E-state index is 5.66. The molecule has 0 saturated carbocycles. The number of hydrogen-bond acceptors (Lipinski definition) is 2. The molecule has 0 unspecified atom stereocenters. The molecule has 0 N–H and O–H groups in total. The number of hydrogen-bond donors (Lipinski definition) is 0. The third-order valence-electron chi connectivity index (χ3n) is 30.9. The van der Waals surface area contributed by atoms with Crippen LogP contribution in [0.2, 0.25) is 0 Å². The maximum Gasteiger partial charge on any atom is 0.168 e. The molecule has 7 heterocycles. The van der Waals surface area contributed by atoms with Gasteiger partial charge >= 0.3 is 0 Å². The Bertz CT molecular complexity index is 9720. The Morgan fingerprint density at radius 1 is 0.150 bits per heavy atom. The van der Waals surface area contributed by atoms with E-state index in [4.69, 9.17) is 10.2 Å². The molecule has 8 heteroatoms. The minimum Gasteiger partial charge on any atom is -0.309 e. The summed E-state index contributed by atoms with van der Waals surface area (Å²) >= 11 is 0.